The molecule has 0 aliphatic carbocycles. The second-order valence-electron chi connectivity index (χ2n) is 4.86. The third-order valence-electron chi connectivity index (χ3n) is 3.23. The van der Waals surface area contributed by atoms with Gasteiger partial charge in [-0.2, -0.15) is 0 Å². The zero-order valence-electron chi connectivity index (χ0n) is 9.08. The third kappa shape index (κ3) is 1.96. The second kappa shape index (κ2) is 3.14. The van der Waals surface area contributed by atoms with E-state index in [0.717, 1.165) is 0 Å². The fourth-order valence-electron chi connectivity index (χ4n) is 1.53. The maximum Gasteiger partial charge on any atom is 0.0221 e. The van der Waals surface area contributed by atoms with E-state index in [4.69, 9.17) is 0 Å². The van der Waals surface area contributed by atoms with Gasteiger partial charge in [-0.25, -0.2) is 0 Å². The summed E-state index contributed by atoms with van der Waals surface area (Å²) in [4.78, 5) is 0. The highest BCUT2D eigenvalue weighted by Gasteiger charge is 2.38. The average molecular weight is 157 g/mol. The summed E-state index contributed by atoms with van der Waals surface area (Å²) in [6, 6.07) is 0. The topological polar surface area (TPSA) is 12.0 Å². The van der Waals surface area contributed by atoms with Crippen molar-refractivity contribution in [3.05, 3.63) is 0 Å². The first-order chi connectivity index (χ1) is 4.75. The normalized spacial score (nSPS) is 18.5. The first kappa shape index (κ1) is 11.0. The first-order valence-electron chi connectivity index (χ1n) is 4.44. The maximum atomic E-state index is 3.42. The molecule has 68 valence electrons. The van der Waals surface area contributed by atoms with Crippen molar-refractivity contribution in [3.63, 3.8) is 0 Å². The molecule has 0 bridgehead atoms. The Hall–Kier alpha value is -0.0400. The van der Waals surface area contributed by atoms with Gasteiger partial charge >= 0.3 is 0 Å². The highest BCUT2D eigenvalue weighted by molar-refractivity contribution is 4.95. The van der Waals surface area contributed by atoms with Gasteiger partial charge in [0.05, 0.1) is 0 Å². The summed E-state index contributed by atoms with van der Waals surface area (Å²) in [6.07, 6.45) is 0. The molecule has 0 heterocycles. The molecule has 0 aromatic rings. The molecule has 1 atom stereocenters. The molecule has 0 fully saturated rings. The van der Waals surface area contributed by atoms with Gasteiger partial charge < -0.3 is 5.32 Å². The van der Waals surface area contributed by atoms with Crippen LogP contribution in [0.15, 0.2) is 0 Å². The lowest BCUT2D eigenvalue weighted by Crippen LogP contribution is -2.54. The first-order valence-corrected chi connectivity index (χ1v) is 4.44. The van der Waals surface area contributed by atoms with Gasteiger partial charge in [-0.05, 0) is 25.3 Å². The number of hydrogen-bond donors (Lipinski definition) is 1. The van der Waals surface area contributed by atoms with Crippen LogP contribution in [0.3, 0.4) is 0 Å². The van der Waals surface area contributed by atoms with E-state index in [2.05, 4.69) is 46.9 Å². The Bertz CT molecular complexity index is 121. The van der Waals surface area contributed by atoms with Crippen LogP contribution in [0.5, 0.6) is 0 Å². The summed E-state index contributed by atoms with van der Waals surface area (Å²) >= 11 is 0. The van der Waals surface area contributed by atoms with E-state index in [-0.39, 0.29) is 5.54 Å². The Kier molecular flexibility index (Phi) is 3.13. The molecule has 0 saturated carbocycles. The lowest BCUT2D eigenvalue weighted by Gasteiger charge is -2.45. The number of nitrogens with one attached hydrogen (secondary N) is 1. The molecule has 11 heavy (non-hydrogen) atoms. The van der Waals surface area contributed by atoms with E-state index in [1.54, 1.807) is 0 Å². The van der Waals surface area contributed by atoms with Crippen LogP contribution in [0.2, 0.25) is 0 Å². The summed E-state index contributed by atoms with van der Waals surface area (Å²) in [5, 5.41) is 3.42. The van der Waals surface area contributed by atoms with Crippen LogP contribution < -0.4 is 5.32 Å². The van der Waals surface area contributed by atoms with Crippen molar-refractivity contribution in [3.8, 4) is 0 Å². The summed E-state index contributed by atoms with van der Waals surface area (Å²) in [6.45, 7) is 13.7. The van der Waals surface area contributed by atoms with Gasteiger partial charge in [0.15, 0.2) is 0 Å². The summed E-state index contributed by atoms with van der Waals surface area (Å²) in [5.41, 5.74) is 0.545. The van der Waals surface area contributed by atoms with Crippen LogP contribution in [0.4, 0.5) is 0 Å². The molecule has 0 aliphatic heterocycles. The quantitative estimate of drug-likeness (QED) is 0.650. The Balaban J connectivity index is 4.61. The largest absolute Gasteiger partial charge is 0.314 e. The predicted molar refractivity (Wildman–Crippen MR) is 51.8 cm³/mol. The van der Waals surface area contributed by atoms with Crippen molar-refractivity contribution in [2.45, 2.75) is 47.1 Å². The summed E-state index contributed by atoms with van der Waals surface area (Å²) < 4.78 is 0. The van der Waals surface area contributed by atoms with Gasteiger partial charge in [-0.3, -0.25) is 0 Å². The fraction of sp³-hybridized carbons (Fsp3) is 1.00. The molecular weight excluding hydrogens is 134 g/mol. The molecule has 0 amide bonds. The van der Waals surface area contributed by atoms with Crippen LogP contribution in [0.25, 0.3) is 0 Å². The van der Waals surface area contributed by atoms with Crippen LogP contribution in [-0.2, 0) is 0 Å². The lowest BCUT2D eigenvalue weighted by atomic mass is 9.68. The van der Waals surface area contributed by atoms with Crippen LogP contribution in [0, 0.1) is 11.3 Å². The van der Waals surface area contributed by atoms with E-state index >= 15 is 0 Å². The average Bonchev–Trinajstić information content (AvgIpc) is 1.83. The van der Waals surface area contributed by atoms with Crippen molar-refractivity contribution in [1.82, 2.24) is 5.32 Å². The van der Waals surface area contributed by atoms with Crippen molar-refractivity contribution < 1.29 is 0 Å². The van der Waals surface area contributed by atoms with E-state index in [1.165, 1.54) is 0 Å². The molecule has 0 radical (unpaired) electrons. The van der Waals surface area contributed by atoms with Gasteiger partial charge in [0.2, 0.25) is 0 Å². The van der Waals surface area contributed by atoms with Gasteiger partial charge in [0.25, 0.3) is 0 Å². The van der Waals surface area contributed by atoms with E-state index in [1.807, 2.05) is 7.05 Å². The lowest BCUT2D eigenvalue weighted by molar-refractivity contribution is 0.112. The molecule has 1 N–H and O–H groups in total. The molecule has 1 unspecified atom stereocenters. The molecule has 1 nitrogen and oxygen atoms in total. The standard InChI is InChI=1S/C10H23N/c1-8(2)10(6,11-7)9(3,4)5/h8,11H,1-7H3. The third-order valence-corrected chi connectivity index (χ3v) is 3.23. The van der Waals surface area contributed by atoms with Gasteiger partial charge in [0, 0.05) is 5.54 Å². The van der Waals surface area contributed by atoms with Crippen molar-refractivity contribution in [1.29, 1.82) is 0 Å². The zero-order chi connectivity index (χ0) is 9.28. The minimum absolute atomic E-state index is 0.229. The molecule has 0 rings (SSSR count). The van der Waals surface area contributed by atoms with Crippen LogP contribution in [-0.4, -0.2) is 12.6 Å². The predicted octanol–water partition coefficient (Wildman–Crippen LogP) is 2.67. The maximum absolute atomic E-state index is 3.42. The van der Waals surface area contributed by atoms with Gasteiger partial charge in [-0.15, -0.1) is 0 Å². The Labute approximate surface area is 71.6 Å². The monoisotopic (exact) mass is 157 g/mol. The second-order valence-corrected chi connectivity index (χ2v) is 4.86. The van der Waals surface area contributed by atoms with Crippen molar-refractivity contribution >= 4 is 0 Å². The SMILES string of the molecule is CNC(C)(C(C)C)C(C)(C)C. The molecule has 0 saturated heterocycles. The van der Waals surface area contributed by atoms with Crippen molar-refractivity contribution in [2.24, 2.45) is 11.3 Å². The molecule has 0 aromatic carbocycles. The van der Waals surface area contributed by atoms with Crippen LogP contribution in [0.1, 0.15) is 41.5 Å². The molecule has 0 aromatic heterocycles. The van der Waals surface area contributed by atoms with E-state index < -0.39 is 0 Å². The smallest absolute Gasteiger partial charge is 0.0221 e. The summed E-state index contributed by atoms with van der Waals surface area (Å²) in [7, 11) is 2.05. The Morgan fingerprint density at radius 2 is 1.36 bits per heavy atom. The molecule has 0 aliphatic rings. The molecule has 1 heteroatoms. The zero-order valence-corrected chi connectivity index (χ0v) is 9.08. The number of hydrogen-bond acceptors (Lipinski definition) is 1. The molecule has 0 spiro atoms. The van der Waals surface area contributed by atoms with E-state index in [9.17, 15) is 0 Å². The minimum atomic E-state index is 0.229. The minimum Gasteiger partial charge on any atom is -0.314 e. The summed E-state index contributed by atoms with van der Waals surface area (Å²) in [5.74, 6) is 0.660. The fourth-order valence-corrected chi connectivity index (χ4v) is 1.53. The Morgan fingerprint density at radius 3 is 1.36 bits per heavy atom. The van der Waals surface area contributed by atoms with Gasteiger partial charge in [0.1, 0.15) is 0 Å². The highest BCUT2D eigenvalue weighted by Crippen LogP contribution is 2.35. The van der Waals surface area contributed by atoms with Crippen LogP contribution >= 0.6 is 0 Å². The number of rotatable bonds is 2. The van der Waals surface area contributed by atoms with Crippen molar-refractivity contribution in [2.75, 3.05) is 7.05 Å². The highest BCUT2D eigenvalue weighted by atomic mass is 15.0. The Morgan fingerprint density at radius 1 is 1.00 bits per heavy atom. The van der Waals surface area contributed by atoms with Gasteiger partial charge in [-0.1, -0.05) is 34.6 Å². The van der Waals surface area contributed by atoms with E-state index in [0.29, 0.717) is 11.3 Å². The molecular formula is C10H23N.